The number of amides is 1. The van der Waals surface area contributed by atoms with Gasteiger partial charge in [-0.1, -0.05) is 12.1 Å². The lowest BCUT2D eigenvalue weighted by Crippen LogP contribution is -2.27. The summed E-state index contributed by atoms with van der Waals surface area (Å²) in [5, 5.41) is 2.89. The zero-order chi connectivity index (χ0) is 18.9. The normalized spacial score (nSPS) is 10.4. The summed E-state index contributed by atoms with van der Waals surface area (Å²) in [6.07, 6.45) is 0.764. The molecule has 0 aliphatic heterocycles. The van der Waals surface area contributed by atoms with Crippen molar-refractivity contribution in [3.63, 3.8) is 0 Å². The summed E-state index contributed by atoms with van der Waals surface area (Å²) in [7, 11) is 2.96. The van der Waals surface area contributed by atoms with E-state index in [0.717, 1.165) is 17.7 Å². The standard InChI is InChI=1S/C19H23NO5S/c1-13-17(19(22)24-3)10-16(25-13)11-26-12-18(21)20-9-8-14-4-6-15(23-2)7-5-14/h4-7,10H,8-9,11-12H2,1-3H3,(H,20,21). The van der Waals surface area contributed by atoms with Crippen molar-refractivity contribution in [3.8, 4) is 5.75 Å². The van der Waals surface area contributed by atoms with Crippen molar-refractivity contribution in [2.24, 2.45) is 0 Å². The number of aryl methyl sites for hydroxylation is 1. The van der Waals surface area contributed by atoms with E-state index >= 15 is 0 Å². The topological polar surface area (TPSA) is 77.8 Å². The summed E-state index contributed by atoms with van der Waals surface area (Å²) in [4.78, 5) is 23.4. The number of esters is 1. The first-order valence-corrected chi connectivity index (χ1v) is 9.34. The second-order valence-electron chi connectivity index (χ2n) is 5.61. The van der Waals surface area contributed by atoms with Gasteiger partial charge in [-0.05, 0) is 37.1 Å². The monoisotopic (exact) mass is 377 g/mol. The van der Waals surface area contributed by atoms with Crippen LogP contribution in [0.1, 0.15) is 27.4 Å². The van der Waals surface area contributed by atoms with Gasteiger partial charge in [-0.15, -0.1) is 11.8 Å². The van der Waals surface area contributed by atoms with E-state index in [-0.39, 0.29) is 5.91 Å². The first kappa shape index (κ1) is 19.9. The van der Waals surface area contributed by atoms with Crippen LogP contribution in [0.25, 0.3) is 0 Å². The van der Waals surface area contributed by atoms with Gasteiger partial charge in [-0.25, -0.2) is 4.79 Å². The molecule has 26 heavy (non-hydrogen) atoms. The van der Waals surface area contributed by atoms with Crippen LogP contribution in [0.15, 0.2) is 34.7 Å². The Morgan fingerprint density at radius 1 is 1.19 bits per heavy atom. The molecule has 0 aliphatic carbocycles. The third-order valence-corrected chi connectivity index (χ3v) is 4.70. The average Bonchev–Trinajstić information content (AvgIpc) is 3.02. The van der Waals surface area contributed by atoms with Crippen molar-refractivity contribution in [2.45, 2.75) is 19.1 Å². The molecule has 0 aliphatic rings. The highest BCUT2D eigenvalue weighted by molar-refractivity contribution is 7.99. The Morgan fingerprint density at radius 3 is 2.58 bits per heavy atom. The Labute approximate surface area is 157 Å². The summed E-state index contributed by atoms with van der Waals surface area (Å²) < 4.78 is 15.3. The van der Waals surface area contributed by atoms with Gasteiger partial charge in [0, 0.05) is 6.54 Å². The van der Waals surface area contributed by atoms with E-state index in [1.165, 1.54) is 18.9 Å². The molecular weight excluding hydrogens is 354 g/mol. The fraction of sp³-hybridized carbons (Fsp3) is 0.368. The lowest BCUT2D eigenvalue weighted by Gasteiger charge is -2.06. The molecule has 1 aromatic carbocycles. The van der Waals surface area contributed by atoms with E-state index in [0.29, 0.717) is 35.1 Å². The van der Waals surface area contributed by atoms with Crippen LogP contribution >= 0.6 is 11.8 Å². The van der Waals surface area contributed by atoms with Crippen molar-refractivity contribution < 1.29 is 23.5 Å². The number of hydrogen-bond donors (Lipinski definition) is 1. The van der Waals surface area contributed by atoms with E-state index in [1.54, 1.807) is 20.1 Å². The predicted octanol–water partition coefficient (Wildman–Crippen LogP) is 2.98. The zero-order valence-electron chi connectivity index (χ0n) is 15.2. The molecule has 2 aromatic rings. The Morgan fingerprint density at radius 2 is 1.92 bits per heavy atom. The zero-order valence-corrected chi connectivity index (χ0v) is 16.0. The van der Waals surface area contributed by atoms with Gasteiger partial charge < -0.3 is 19.2 Å². The summed E-state index contributed by atoms with van der Waals surface area (Å²) >= 11 is 1.43. The molecule has 1 aromatic heterocycles. The van der Waals surface area contributed by atoms with E-state index in [1.807, 2.05) is 24.3 Å². The minimum Gasteiger partial charge on any atom is -0.497 e. The molecule has 0 saturated carbocycles. The van der Waals surface area contributed by atoms with Gasteiger partial charge in [-0.2, -0.15) is 0 Å². The quantitative estimate of drug-likeness (QED) is 0.677. The Kier molecular flexibility index (Phi) is 7.59. The first-order valence-electron chi connectivity index (χ1n) is 8.18. The number of furan rings is 1. The molecule has 0 saturated heterocycles. The van der Waals surface area contributed by atoms with Gasteiger partial charge in [-0.3, -0.25) is 4.79 Å². The summed E-state index contributed by atoms with van der Waals surface area (Å²) in [6, 6.07) is 9.44. The molecule has 1 amide bonds. The molecule has 0 radical (unpaired) electrons. The average molecular weight is 377 g/mol. The maximum atomic E-state index is 11.9. The summed E-state index contributed by atoms with van der Waals surface area (Å²) in [5.41, 5.74) is 1.56. The van der Waals surface area contributed by atoms with Crippen LogP contribution < -0.4 is 10.1 Å². The number of carbonyl (C=O) groups is 2. The lowest BCUT2D eigenvalue weighted by molar-refractivity contribution is -0.118. The molecule has 0 fully saturated rings. The second kappa shape index (κ2) is 9.91. The van der Waals surface area contributed by atoms with Gasteiger partial charge in [0.1, 0.15) is 22.8 Å². The molecule has 6 nitrogen and oxygen atoms in total. The third kappa shape index (κ3) is 5.84. The van der Waals surface area contributed by atoms with Crippen LogP contribution in [0.5, 0.6) is 5.75 Å². The van der Waals surface area contributed by atoms with Crippen molar-refractivity contribution >= 4 is 23.6 Å². The summed E-state index contributed by atoms with van der Waals surface area (Å²) in [5.74, 6) is 2.39. The summed E-state index contributed by atoms with van der Waals surface area (Å²) in [6.45, 7) is 2.30. The Hall–Kier alpha value is -2.41. The first-order chi connectivity index (χ1) is 12.5. The van der Waals surface area contributed by atoms with E-state index < -0.39 is 5.97 Å². The minimum atomic E-state index is -0.418. The Bertz CT molecular complexity index is 739. The minimum absolute atomic E-state index is 0.0278. The number of ether oxygens (including phenoxy) is 2. The number of thioether (sulfide) groups is 1. The number of rotatable bonds is 9. The van der Waals surface area contributed by atoms with Crippen LogP contribution in [0.3, 0.4) is 0 Å². The van der Waals surface area contributed by atoms with Gasteiger partial charge in [0.25, 0.3) is 0 Å². The maximum absolute atomic E-state index is 11.9. The molecule has 7 heteroatoms. The smallest absolute Gasteiger partial charge is 0.341 e. The highest BCUT2D eigenvalue weighted by atomic mass is 32.2. The van der Waals surface area contributed by atoms with Crippen LogP contribution in [-0.4, -0.2) is 38.4 Å². The van der Waals surface area contributed by atoms with Gasteiger partial charge in [0.15, 0.2) is 0 Å². The predicted molar refractivity (Wildman–Crippen MR) is 101 cm³/mol. The molecule has 0 unspecified atom stereocenters. The molecule has 1 N–H and O–H groups in total. The van der Waals surface area contributed by atoms with Crippen LogP contribution in [0.2, 0.25) is 0 Å². The maximum Gasteiger partial charge on any atom is 0.341 e. The van der Waals surface area contributed by atoms with Gasteiger partial charge >= 0.3 is 5.97 Å². The van der Waals surface area contributed by atoms with Crippen LogP contribution in [0.4, 0.5) is 0 Å². The Balaban J connectivity index is 1.68. The number of hydrogen-bond acceptors (Lipinski definition) is 6. The van der Waals surface area contributed by atoms with Crippen molar-refractivity contribution in [1.82, 2.24) is 5.32 Å². The number of methoxy groups -OCH3 is 2. The highest BCUT2D eigenvalue weighted by Crippen LogP contribution is 2.20. The van der Waals surface area contributed by atoms with Crippen molar-refractivity contribution in [1.29, 1.82) is 0 Å². The van der Waals surface area contributed by atoms with E-state index in [9.17, 15) is 9.59 Å². The second-order valence-corrected chi connectivity index (χ2v) is 6.60. The fourth-order valence-corrected chi connectivity index (χ4v) is 3.09. The van der Waals surface area contributed by atoms with Crippen molar-refractivity contribution in [2.75, 3.05) is 26.5 Å². The molecule has 1 heterocycles. The lowest BCUT2D eigenvalue weighted by atomic mass is 10.1. The number of carbonyl (C=O) groups excluding carboxylic acids is 2. The largest absolute Gasteiger partial charge is 0.497 e. The molecule has 0 atom stereocenters. The fourth-order valence-electron chi connectivity index (χ4n) is 2.36. The third-order valence-electron chi connectivity index (χ3n) is 3.75. The molecule has 0 bridgehead atoms. The highest BCUT2D eigenvalue weighted by Gasteiger charge is 2.15. The van der Waals surface area contributed by atoms with Crippen LogP contribution in [0, 0.1) is 6.92 Å². The number of benzene rings is 1. The SMILES string of the molecule is COC(=O)c1cc(CSCC(=O)NCCc2ccc(OC)cc2)oc1C. The van der Waals surface area contributed by atoms with E-state index in [2.05, 4.69) is 10.1 Å². The van der Waals surface area contributed by atoms with Crippen molar-refractivity contribution in [3.05, 3.63) is 53.0 Å². The molecule has 0 spiro atoms. The van der Waals surface area contributed by atoms with Crippen LogP contribution in [-0.2, 0) is 21.7 Å². The molecule has 2 rings (SSSR count). The number of nitrogens with one attached hydrogen (secondary N) is 1. The molecular formula is C19H23NO5S. The van der Waals surface area contributed by atoms with Gasteiger partial charge in [0.05, 0.1) is 25.7 Å². The molecule has 140 valence electrons. The van der Waals surface area contributed by atoms with Gasteiger partial charge in [0.2, 0.25) is 5.91 Å². The van der Waals surface area contributed by atoms with E-state index in [4.69, 9.17) is 9.15 Å².